The first kappa shape index (κ1) is 8.66. The van der Waals surface area contributed by atoms with E-state index in [0.29, 0.717) is 6.42 Å². The summed E-state index contributed by atoms with van der Waals surface area (Å²) >= 11 is 0. The van der Waals surface area contributed by atoms with Crippen LogP contribution in [-0.2, 0) is 0 Å². The standard InChI is InChI=1S/C7H15NO/c1-3-4-5-7(9)6(2)8/h3-4,6-7,9H,5,8H2,1-2H3/b4-3-. The molecule has 0 aliphatic heterocycles. The lowest BCUT2D eigenvalue weighted by Gasteiger charge is -2.10. The average Bonchev–Trinajstić information content (AvgIpc) is 1.82. The monoisotopic (exact) mass is 129 g/mol. The molecule has 9 heavy (non-hydrogen) atoms. The predicted octanol–water partition coefficient (Wildman–Crippen LogP) is 0.661. The predicted molar refractivity (Wildman–Crippen MR) is 39.1 cm³/mol. The van der Waals surface area contributed by atoms with E-state index < -0.39 is 0 Å². The number of rotatable bonds is 3. The van der Waals surface area contributed by atoms with Gasteiger partial charge in [-0.1, -0.05) is 12.2 Å². The third-order valence-electron chi connectivity index (χ3n) is 1.22. The molecule has 0 aromatic carbocycles. The molecule has 0 rings (SSSR count). The Morgan fingerprint density at radius 2 is 2.22 bits per heavy atom. The summed E-state index contributed by atoms with van der Waals surface area (Å²) in [6.07, 6.45) is 4.09. The topological polar surface area (TPSA) is 46.2 Å². The van der Waals surface area contributed by atoms with Crippen molar-refractivity contribution in [3.05, 3.63) is 12.2 Å². The summed E-state index contributed by atoms with van der Waals surface area (Å²) in [5, 5.41) is 9.08. The summed E-state index contributed by atoms with van der Waals surface area (Å²) in [5.41, 5.74) is 5.39. The number of hydrogen-bond donors (Lipinski definition) is 2. The Labute approximate surface area is 56.4 Å². The Hall–Kier alpha value is -0.340. The minimum Gasteiger partial charge on any atom is -0.391 e. The second-order valence-corrected chi connectivity index (χ2v) is 2.23. The van der Waals surface area contributed by atoms with E-state index in [9.17, 15) is 0 Å². The molecule has 0 aromatic heterocycles. The van der Waals surface area contributed by atoms with Crippen LogP contribution in [0.1, 0.15) is 20.3 Å². The van der Waals surface area contributed by atoms with Gasteiger partial charge in [-0.05, 0) is 20.3 Å². The van der Waals surface area contributed by atoms with Gasteiger partial charge in [0.1, 0.15) is 0 Å². The lowest BCUT2D eigenvalue weighted by atomic mass is 10.1. The minimum atomic E-state index is -0.388. The largest absolute Gasteiger partial charge is 0.391 e. The highest BCUT2D eigenvalue weighted by Gasteiger charge is 2.05. The zero-order chi connectivity index (χ0) is 7.28. The molecule has 2 heteroatoms. The van der Waals surface area contributed by atoms with Gasteiger partial charge in [-0.2, -0.15) is 0 Å². The van der Waals surface area contributed by atoms with E-state index in [-0.39, 0.29) is 12.1 Å². The third kappa shape index (κ3) is 4.18. The third-order valence-corrected chi connectivity index (χ3v) is 1.22. The Morgan fingerprint density at radius 3 is 2.56 bits per heavy atom. The fourth-order valence-corrected chi connectivity index (χ4v) is 0.490. The summed E-state index contributed by atoms with van der Waals surface area (Å²) in [4.78, 5) is 0. The highest BCUT2D eigenvalue weighted by molar-refractivity contribution is 4.82. The molecule has 0 amide bonds. The van der Waals surface area contributed by atoms with E-state index >= 15 is 0 Å². The molecule has 0 aromatic rings. The number of nitrogens with two attached hydrogens (primary N) is 1. The zero-order valence-corrected chi connectivity index (χ0v) is 6.04. The Kier molecular flexibility index (Phi) is 4.36. The Bertz CT molecular complexity index is 88.9. The van der Waals surface area contributed by atoms with E-state index in [1.807, 2.05) is 19.1 Å². The Balaban J connectivity index is 3.38. The fourth-order valence-electron chi connectivity index (χ4n) is 0.490. The maximum atomic E-state index is 9.08. The van der Waals surface area contributed by atoms with Gasteiger partial charge in [0.2, 0.25) is 0 Å². The molecule has 0 heterocycles. The van der Waals surface area contributed by atoms with Crippen LogP contribution >= 0.6 is 0 Å². The van der Waals surface area contributed by atoms with E-state index in [0.717, 1.165) is 0 Å². The number of hydrogen-bond acceptors (Lipinski definition) is 2. The molecule has 0 aliphatic rings. The van der Waals surface area contributed by atoms with Crippen LogP contribution in [0, 0.1) is 0 Å². The lowest BCUT2D eigenvalue weighted by molar-refractivity contribution is 0.154. The quantitative estimate of drug-likeness (QED) is 0.550. The second kappa shape index (κ2) is 4.53. The van der Waals surface area contributed by atoms with Gasteiger partial charge >= 0.3 is 0 Å². The van der Waals surface area contributed by atoms with Gasteiger partial charge in [-0.3, -0.25) is 0 Å². The summed E-state index contributed by atoms with van der Waals surface area (Å²) in [6.45, 7) is 3.72. The molecule has 0 aliphatic carbocycles. The second-order valence-electron chi connectivity index (χ2n) is 2.23. The number of aliphatic hydroxyl groups excluding tert-OH is 1. The van der Waals surface area contributed by atoms with Crippen molar-refractivity contribution >= 4 is 0 Å². The molecule has 0 saturated carbocycles. The molecule has 54 valence electrons. The van der Waals surface area contributed by atoms with Crippen LogP contribution in [0.25, 0.3) is 0 Å². The average molecular weight is 129 g/mol. The van der Waals surface area contributed by atoms with Gasteiger partial charge < -0.3 is 10.8 Å². The van der Waals surface area contributed by atoms with Crippen molar-refractivity contribution in [3.63, 3.8) is 0 Å². The highest BCUT2D eigenvalue weighted by Crippen LogP contribution is 1.95. The first-order valence-corrected chi connectivity index (χ1v) is 3.23. The van der Waals surface area contributed by atoms with Crippen LogP contribution in [0.3, 0.4) is 0 Å². The molecule has 0 radical (unpaired) electrons. The molecule has 0 spiro atoms. The van der Waals surface area contributed by atoms with Gasteiger partial charge in [0.15, 0.2) is 0 Å². The van der Waals surface area contributed by atoms with Crippen molar-refractivity contribution in [1.82, 2.24) is 0 Å². The van der Waals surface area contributed by atoms with Crippen LogP contribution in [0.2, 0.25) is 0 Å². The first-order valence-electron chi connectivity index (χ1n) is 3.23. The van der Waals surface area contributed by atoms with E-state index in [1.165, 1.54) is 0 Å². The van der Waals surface area contributed by atoms with Crippen molar-refractivity contribution in [2.24, 2.45) is 5.73 Å². The van der Waals surface area contributed by atoms with Gasteiger partial charge in [-0.25, -0.2) is 0 Å². The normalized spacial score (nSPS) is 18.2. The van der Waals surface area contributed by atoms with Gasteiger partial charge in [0, 0.05) is 6.04 Å². The maximum absolute atomic E-state index is 9.08. The van der Waals surface area contributed by atoms with Gasteiger partial charge in [0.05, 0.1) is 6.10 Å². The molecule has 0 bridgehead atoms. The Morgan fingerprint density at radius 1 is 1.67 bits per heavy atom. The minimum absolute atomic E-state index is 0.124. The van der Waals surface area contributed by atoms with Crippen molar-refractivity contribution in [1.29, 1.82) is 0 Å². The SMILES string of the molecule is C/C=C\CC(O)C(C)N. The number of allylic oxidation sites excluding steroid dienone is 1. The van der Waals surface area contributed by atoms with Crippen LogP contribution < -0.4 is 5.73 Å². The van der Waals surface area contributed by atoms with Crippen LogP contribution in [0.15, 0.2) is 12.2 Å². The smallest absolute Gasteiger partial charge is 0.0722 e. The lowest BCUT2D eigenvalue weighted by Crippen LogP contribution is -2.30. The van der Waals surface area contributed by atoms with Gasteiger partial charge in [-0.15, -0.1) is 0 Å². The van der Waals surface area contributed by atoms with Crippen LogP contribution in [0.4, 0.5) is 0 Å². The maximum Gasteiger partial charge on any atom is 0.0722 e. The molecule has 3 N–H and O–H groups in total. The van der Waals surface area contributed by atoms with Crippen molar-refractivity contribution in [2.75, 3.05) is 0 Å². The number of aliphatic hydroxyl groups is 1. The van der Waals surface area contributed by atoms with E-state index in [2.05, 4.69) is 0 Å². The summed E-state index contributed by atoms with van der Waals surface area (Å²) in [6, 6.07) is -0.124. The zero-order valence-electron chi connectivity index (χ0n) is 6.04. The molecular formula is C7H15NO. The molecule has 2 unspecified atom stereocenters. The van der Waals surface area contributed by atoms with Crippen molar-refractivity contribution in [2.45, 2.75) is 32.4 Å². The van der Waals surface area contributed by atoms with E-state index in [4.69, 9.17) is 10.8 Å². The van der Waals surface area contributed by atoms with Crippen LogP contribution in [-0.4, -0.2) is 17.3 Å². The molecule has 0 saturated heterocycles. The summed E-state index contributed by atoms with van der Waals surface area (Å²) in [7, 11) is 0. The van der Waals surface area contributed by atoms with Crippen molar-refractivity contribution in [3.8, 4) is 0 Å². The molecule has 2 nitrogen and oxygen atoms in total. The molecule has 0 fully saturated rings. The van der Waals surface area contributed by atoms with Crippen LogP contribution in [0.5, 0.6) is 0 Å². The van der Waals surface area contributed by atoms with E-state index in [1.54, 1.807) is 6.92 Å². The summed E-state index contributed by atoms with van der Waals surface area (Å²) in [5.74, 6) is 0. The van der Waals surface area contributed by atoms with Gasteiger partial charge in [0.25, 0.3) is 0 Å². The highest BCUT2D eigenvalue weighted by atomic mass is 16.3. The fraction of sp³-hybridized carbons (Fsp3) is 0.714. The first-order chi connectivity index (χ1) is 4.18. The molecular weight excluding hydrogens is 114 g/mol. The molecule has 2 atom stereocenters. The van der Waals surface area contributed by atoms with Crippen molar-refractivity contribution < 1.29 is 5.11 Å². The summed E-state index contributed by atoms with van der Waals surface area (Å²) < 4.78 is 0.